The normalized spacial score (nSPS) is 13.5. The van der Waals surface area contributed by atoms with Crippen LogP contribution in [0.1, 0.15) is 27.8 Å². The lowest BCUT2D eigenvalue weighted by Gasteiger charge is -2.18. The lowest BCUT2D eigenvalue weighted by molar-refractivity contribution is 1.56. The molecule has 0 bridgehead atoms. The van der Waals surface area contributed by atoms with E-state index in [1.54, 1.807) is 0 Å². The summed E-state index contributed by atoms with van der Waals surface area (Å²) >= 11 is 0. The summed E-state index contributed by atoms with van der Waals surface area (Å²) in [5.74, 6) is 0. The monoisotopic (exact) mass is 732 g/mol. The van der Waals surface area contributed by atoms with Crippen molar-refractivity contribution >= 4 is 71.5 Å². The number of hydrogen-bond donors (Lipinski definition) is 0. The third-order valence-electron chi connectivity index (χ3n) is 12.3. The van der Waals surface area contributed by atoms with E-state index in [0.717, 1.165) is 0 Å². The van der Waals surface area contributed by atoms with Gasteiger partial charge in [-0.05, 0) is 164 Å². The topological polar surface area (TPSA) is 0 Å². The fourth-order valence-corrected chi connectivity index (χ4v) is 9.54. The summed E-state index contributed by atoms with van der Waals surface area (Å²) in [6.45, 7) is 0. The Kier molecular flexibility index (Phi) is 7.33. The zero-order chi connectivity index (χ0) is 38.2. The highest BCUT2D eigenvalue weighted by atomic mass is 14.4. The zero-order valence-corrected chi connectivity index (χ0v) is 31.8. The molecule has 0 saturated carbocycles. The van der Waals surface area contributed by atoms with Crippen LogP contribution in [0.25, 0.3) is 93.7 Å². The highest BCUT2D eigenvalue weighted by Crippen LogP contribution is 2.59. The van der Waals surface area contributed by atoms with Crippen molar-refractivity contribution in [2.75, 3.05) is 0 Å². The third-order valence-corrected chi connectivity index (χ3v) is 12.3. The van der Waals surface area contributed by atoms with Gasteiger partial charge in [0.25, 0.3) is 0 Å². The molecule has 0 N–H and O–H groups in total. The van der Waals surface area contributed by atoms with Gasteiger partial charge in [0.2, 0.25) is 0 Å². The summed E-state index contributed by atoms with van der Waals surface area (Å²) in [7, 11) is 0. The molecule has 10 aromatic rings. The first kappa shape index (κ1) is 32.7. The van der Waals surface area contributed by atoms with Crippen LogP contribution in [0.15, 0.2) is 218 Å². The molecule has 0 spiro atoms. The molecule has 268 valence electrons. The highest BCUT2D eigenvalue weighted by molar-refractivity contribution is 6.38. The van der Waals surface area contributed by atoms with Gasteiger partial charge in [0.15, 0.2) is 0 Å². The van der Waals surface area contributed by atoms with E-state index in [4.69, 9.17) is 0 Å². The Bertz CT molecular complexity index is 3430. The number of benzene rings is 10. The summed E-state index contributed by atoms with van der Waals surface area (Å²) < 4.78 is 0. The van der Waals surface area contributed by atoms with Crippen molar-refractivity contribution in [3.8, 4) is 22.3 Å². The van der Waals surface area contributed by atoms with E-state index in [-0.39, 0.29) is 0 Å². The Balaban J connectivity index is 1.17. The largest absolute Gasteiger partial charge is 0.0622 e. The molecule has 0 amide bonds. The summed E-state index contributed by atoms with van der Waals surface area (Å²) in [6, 6.07) is 78.7. The van der Waals surface area contributed by atoms with Gasteiger partial charge in [0.05, 0.1) is 0 Å². The molecule has 0 fully saturated rings. The van der Waals surface area contributed by atoms with Crippen LogP contribution in [0.3, 0.4) is 0 Å². The van der Waals surface area contributed by atoms with Crippen LogP contribution in [-0.2, 0) is 0 Å². The van der Waals surface area contributed by atoms with Crippen LogP contribution in [0.2, 0.25) is 0 Å². The fraction of sp³-hybridized carbons (Fsp3) is 0. The van der Waals surface area contributed by atoms with Gasteiger partial charge in [-0.15, -0.1) is 0 Å². The standard InChI is InChI=1S/C58H36/c1-2-16-41(17-3-1)56-57(49-29-25-40-15-7-11-21-45(40)33-49)55(48-28-24-39-14-6-10-20-44(39)32-48)54-35-50-34-51(46-26-22-37-12-4-8-18-42(37)30-46)52(36-53(50)58(54)56)47-27-23-38-13-5-9-19-43(38)31-47/h1-36H. The quantitative estimate of drug-likeness (QED) is 0.165. The lowest BCUT2D eigenvalue weighted by atomic mass is 9.85. The molecule has 0 radical (unpaired) electrons. The molecule has 58 heavy (non-hydrogen) atoms. The van der Waals surface area contributed by atoms with Crippen LogP contribution in [-0.4, -0.2) is 0 Å². The van der Waals surface area contributed by atoms with E-state index in [1.807, 2.05) is 0 Å². The maximum atomic E-state index is 2.49. The second-order valence-electron chi connectivity index (χ2n) is 15.7. The summed E-state index contributed by atoms with van der Waals surface area (Å²) in [5, 5.41) is 9.97. The minimum atomic E-state index is 1.22. The first-order valence-corrected chi connectivity index (χ1v) is 20.2. The van der Waals surface area contributed by atoms with Crippen LogP contribution in [0, 0.1) is 0 Å². The Hall–Kier alpha value is -7.54. The Morgan fingerprint density at radius 1 is 0.207 bits per heavy atom. The van der Waals surface area contributed by atoms with Crippen LogP contribution < -0.4 is 0 Å². The summed E-state index contributed by atoms with van der Waals surface area (Å²) in [5.41, 5.74) is 17.6. The van der Waals surface area contributed by atoms with E-state index < -0.39 is 0 Å². The smallest absolute Gasteiger partial charge is 0.00134 e. The van der Waals surface area contributed by atoms with Gasteiger partial charge in [0.1, 0.15) is 0 Å². The van der Waals surface area contributed by atoms with Gasteiger partial charge in [-0.1, -0.05) is 176 Å². The fourth-order valence-electron chi connectivity index (χ4n) is 9.54. The third kappa shape index (κ3) is 5.23. The molecule has 0 heterocycles. The zero-order valence-electron chi connectivity index (χ0n) is 31.8. The van der Waals surface area contributed by atoms with Gasteiger partial charge in [-0.3, -0.25) is 0 Å². The van der Waals surface area contributed by atoms with Crippen molar-refractivity contribution in [3.05, 3.63) is 246 Å². The van der Waals surface area contributed by atoms with Crippen molar-refractivity contribution in [1.29, 1.82) is 0 Å². The molecule has 0 nitrogen and oxygen atoms in total. The van der Waals surface area contributed by atoms with E-state index >= 15 is 0 Å². The summed E-state index contributed by atoms with van der Waals surface area (Å²) in [4.78, 5) is 0. The van der Waals surface area contributed by atoms with Gasteiger partial charge in [-0.2, -0.15) is 0 Å². The van der Waals surface area contributed by atoms with Gasteiger partial charge in [-0.25, -0.2) is 0 Å². The van der Waals surface area contributed by atoms with E-state index in [1.165, 1.54) is 121 Å². The molecule has 0 heteroatoms. The van der Waals surface area contributed by atoms with E-state index in [2.05, 4.69) is 218 Å². The maximum absolute atomic E-state index is 2.49. The number of allylic oxidation sites excluding steroid dienone is 5. The van der Waals surface area contributed by atoms with Crippen LogP contribution >= 0.6 is 0 Å². The molecule has 2 aliphatic rings. The van der Waals surface area contributed by atoms with Crippen molar-refractivity contribution in [1.82, 2.24) is 0 Å². The molecule has 0 aliphatic heterocycles. The summed E-state index contributed by atoms with van der Waals surface area (Å²) in [6.07, 6.45) is 2.47. The molecule has 2 aliphatic carbocycles. The molecule has 0 aromatic heterocycles. The molecule has 0 unspecified atom stereocenters. The van der Waals surface area contributed by atoms with E-state index in [0.29, 0.717) is 0 Å². The minimum absolute atomic E-state index is 1.22. The predicted octanol–water partition coefficient (Wildman–Crippen LogP) is 15.6. The molecule has 12 rings (SSSR count). The number of hydrogen-bond acceptors (Lipinski definition) is 0. The first-order chi connectivity index (χ1) is 28.7. The molecule has 0 atom stereocenters. The maximum Gasteiger partial charge on any atom is -0.00134 e. The molecule has 0 saturated heterocycles. The second-order valence-corrected chi connectivity index (χ2v) is 15.7. The average Bonchev–Trinajstić information content (AvgIpc) is 3.82. The average molecular weight is 733 g/mol. The van der Waals surface area contributed by atoms with Crippen molar-refractivity contribution in [2.24, 2.45) is 0 Å². The van der Waals surface area contributed by atoms with Crippen molar-refractivity contribution in [2.45, 2.75) is 0 Å². The molecule has 10 aromatic carbocycles. The Morgan fingerprint density at radius 3 is 1.09 bits per heavy atom. The van der Waals surface area contributed by atoms with Gasteiger partial charge >= 0.3 is 0 Å². The lowest BCUT2D eigenvalue weighted by Crippen LogP contribution is -1.95. The molecular weight excluding hydrogens is 697 g/mol. The highest BCUT2D eigenvalue weighted by Gasteiger charge is 2.37. The van der Waals surface area contributed by atoms with Crippen LogP contribution in [0.4, 0.5) is 0 Å². The minimum Gasteiger partial charge on any atom is -0.0622 e. The van der Waals surface area contributed by atoms with Crippen molar-refractivity contribution in [3.63, 3.8) is 0 Å². The van der Waals surface area contributed by atoms with Gasteiger partial charge < -0.3 is 0 Å². The predicted molar refractivity (Wildman–Crippen MR) is 248 cm³/mol. The SMILES string of the molecule is C1=C2C(c3ccc4ccccc4c3)=C(c3ccc4ccccc4c3)C(c3ccccc3)=C2c2cc(-c3ccc4ccccc4c3)c(-c3ccc4ccccc4c3)cc21. The Labute approximate surface area is 338 Å². The molecular formula is C58H36. The number of fused-ring (bicyclic) bond motifs is 7. The Morgan fingerprint density at radius 2 is 0.586 bits per heavy atom. The number of rotatable bonds is 5. The van der Waals surface area contributed by atoms with Crippen molar-refractivity contribution < 1.29 is 0 Å². The second kappa shape index (κ2) is 13.0. The van der Waals surface area contributed by atoms with Gasteiger partial charge in [0, 0.05) is 0 Å². The van der Waals surface area contributed by atoms with Crippen LogP contribution in [0.5, 0.6) is 0 Å². The first-order valence-electron chi connectivity index (χ1n) is 20.2. The van der Waals surface area contributed by atoms with E-state index in [9.17, 15) is 0 Å².